The van der Waals surface area contributed by atoms with Crippen LogP contribution in [0.15, 0.2) is 45.3 Å². The molecule has 124 valence electrons. The molecule has 6 heteroatoms. The van der Waals surface area contributed by atoms with Crippen molar-refractivity contribution in [3.8, 4) is 16.9 Å². The van der Waals surface area contributed by atoms with Gasteiger partial charge in [-0.3, -0.25) is 0 Å². The lowest BCUT2D eigenvalue weighted by Crippen LogP contribution is -1.99. The lowest BCUT2D eigenvalue weighted by Gasteiger charge is -2.06. The number of rotatable bonds is 5. The Hall–Kier alpha value is -3.02. The van der Waals surface area contributed by atoms with Crippen molar-refractivity contribution in [2.75, 3.05) is 7.11 Å². The molecule has 0 atom stereocenters. The molecule has 0 saturated carbocycles. The Kier molecular flexibility index (Phi) is 4.37. The second-order valence-corrected chi connectivity index (χ2v) is 5.27. The average molecular weight is 327 g/mol. The van der Waals surface area contributed by atoms with Gasteiger partial charge in [0, 0.05) is 5.56 Å². The molecule has 0 saturated heterocycles. The zero-order valence-electron chi connectivity index (χ0n) is 13.7. The van der Waals surface area contributed by atoms with Gasteiger partial charge < -0.3 is 18.4 Å². The van der Waals surface area contributed by atoms with Crippen LogP contribution in [0.4, 0.5) is 0 Å². The average Bonchev–Trinajstić information content (AvgIpc) is 3.20. The summed E-state index contributed by atoms with van der Waals surface area (Å²) in [7, 11) is 1.31. The minimum Gasteiger partial charge on any atom is -0.486 e. The number of carbonyl (C=O) groups is 1. The normalized spacial score (nSPS) is 10.6. The van der Waals surface area contributed by atoms with E-state index in [1.807, 2.05) is 38.1 Å². The van der Waals surface area contributed by atoms with E-state index in [2.05, 4.69) is 9.89 Å². The molecule has 0 fully saturated rings. The number of furan rings is 1. The third kappa shape index (κ3) is 3.17. The van der Waals surface area contributed by atoms with Gasteiger partial charge in [0.2, 0.25) is 5.76 Å². The fourth-order valence-corrected chi connectivity index (χ4v) is 2.43. The van der Waals surface area contributed by atoms with E-state index in [4.69, 9.17) is 13.7 Å². The molecule has 24 heavy (non-hydrogen) atoms. The van der Waals surface area contributed by atoms with Gasteiger partial charge in [-0.1, -0.05) is 17.3 Å². The lowest BCUT2D eigenvalue weighted by molar-refractivity contribution is 0.0561. The number of hydrogen-bond donors (Lipinski definition) is 0. The van der Waals surface area contributed by atoms with E-state index in [0.717, 1.165) is 22.6 Å². The highest BCUT2D eigenvalue weighted by Gasteiger charge is 2.13. The number of esters is 1. The predicted octanol–water partition coefficient (Wildman–Crippen LogP) is 3.92. The van der Waals surface area contributed by atoms with Crippen LogP contribution in [0.25, 0.3) is 11.1 Å². The summed E-state index contributed by atoms with van der Waals surface area (Å²) in [4.78, 5) is 11.3. The molecular formula is C18H17NO5. The molecule has 0 bridgehead atoms. The molecule has 3 aromatic rings. The molecule has 0 N–H and O–H groups in total. The smallest absolute Gasteiger partial charge is 0.373 e. The molecule has 2 heterocycles. The number of aromatic nitrogens is 1. The predicted molar refractivity (Wildman–Crippen MR) is 85.8 cm³/mol. The number of nitrogens with zero attached hydrogens (tertiary/aromatic N) is 1. The standard InChI is InChI=1S/C18H17NO5/c1-11-17(12(2)24-19-11)13-4-6-14(7-5-13)22-10-15-8-9-16(23-15)18(20)21-3/h4-9H,10H2,1-3H3. The first-order valence-electron chi connectivity index (χ1n) is 7.41. The highest BCUT2D eigenvalue weighted by atomic mass is 16.5. The monoisotopic (exact) mass is 327 g/mol. The van der Waals surface area contributed by atoms with Crippen molar-refractivity contribution >= 4 is 5.97 Å². The Morgan fingerprint density at radius 2 is 1.88 bits per heavy atom. The number of carbonyl (C=O) groups excluding carboxylic acids is 1. The highest BCUT2D eigenvalue weighted by molar-refractivity contribution is 5.86. The van der Waals surface area contributed by atoms with Crippen molar-refractivity contribution < 1.29 is 23.2 Å². The van der Waals surface area contributed by atoms with Crippen molar-refractivity contribution in [1.29, 1.82) is 0 Å². The Balaban J connectivity index is 1.67. The summed E-state index contributed by atoms with van der Waals surface area (Å²) in [6, 6.07) is 10.9. The molecule has 0 radical (unpaired) electrons. The van der Waals surface area contributed by atoms with Gasteiger partial charge >= 0.3 is 5.97 Å². The van der Waals surface area contributed by atoms with Gasteiger partial charge in [0.05, 0.1) is 12.8 Å². The topological polar surface area (TPSA) is 74.7 Å². The van der Waals surface area contributed by atoms with E-state index in [9.17, 15) is 4.79 Å². The lowest BCUT2D eigenvalue weighted by atomic mass is 10.0. The fourth-order valence-electron chi connectivity index (χ4n) is 2.43. The molecule has 0 spiro atoms. The summed E-state index contributed by atoms with van der Waals surface area (Å²) in [5, 5.41) is 3.96. The summed E-state index contributed by atoms with van der Waals surface area (Å²) in [6.45, 7) is 4.02. The van der Waals surface area contributed by atoms with Crippen LogP contribution in [0.1, 0.15) is 27.8 Å². The van der Waals surface area contributed by atoms with Crippen LogP contribution in [-0.2, 0) is 11.3 Å². The van der Waals surface area contributed by atoms with Crippen LogP contribution in [0.3, 0.4) is 0 Å². The zero-order valence-corrected chi connectivity index (χ0v) is 13.7. The maximum Gasteiger partial charge on any atom is 0.373 e. The number of benzene rings is 1. The molecule has 0 unspecified atom stereocenters. The first-order valence-corrected chi connectivity index (χ1v) is 7.41. The summed E-state index contributed by atoms with van der Waals surface area (Å²) in [6.07, 6.45) is 0. The van der Waals surface area contributed by atoms with Crippen LogP contribution in [-0.4, -0.2) is 18.2 Å². The van der Waals surface area contributed by atoms with Crippen molar-refractivity contribution in [3.63, 3.8) is 0 Å². The maximum atomic E-state index is 11.3. The van der Waals surface area contributed by atoms with Crippen molar-refractivity contribution in [1.82, 2.24) is 5.16 Å². The van der Waals surface area contributed by atoms with E-state index in [1.54, 1.807) is 12.1 Å². The molecule has 0 aliphatic carbocycles. The molecule has 3 rings (SSSR count). The van der Waals surface area contributed by atoms with E-state index < -0.39 is 5.97 Å². The Morgan fingerprint density at radius 3 is 2.50 bits per heavy atom. The first-order chi connectivity index (χ1) is 11.6. The molecule has 1 aromatic carbocycles. The van der Waals surface area contributed by atoms with Crippen molar-refractivity contribution in [3.05, 3.63) is 59.4 Å². The first kappa shape index (κ1) is 15.9. The Morgan fingerprint density at radius 1 is 1.12 bits per heavy atom. The van der Waals surface area contributed by atoms with Gasteiger partial charge in [0.15, 0.2) is 0 Å². The molecule has 2 aromatic heterocycles. The van der Waals surface area contributed by atoms with Gasteiger partial charge in [0.1, 0.15) is 23.9 Å². The minimum atomic E-state index is -0.509. The maximum absolute atomic E-state index is 11.3. The highest BCUT2D eigenvalue weighted by Crippen LogP contribution is 2.28. The third-order valence-corrected chi connectivity index (χ3v) is 3.61. The Bertz CT molecular complexity index is 825. The second kappa shape index (κ2) is 6.62. The Labute approximate surface area is 139 Å². The largest absolute Gasteiger partial charge is 0.486 e. The van der Waals surface area contributed by atoms with E-state index >= 15 is 0 Å². The van der Waals surface area contributed by atoms with Crippen LogP contribution < -0.4 is 4.74 Å². The number of hydrogen-bond acceptors (Lipinski definition) is 6. The molecule has 6 nitrogen and oxygen atoms in total. The van der Waals surface area contributed by atoms with Gasteiger partial charge in [0.25, 0.3) is 0 Å². The van der Waals surface area contributed by atoms with E-state index in [-0.39, 0.29) is 12.4 Å². The van der Waals surface area contributed by atoms with Crippen molar-refractivity contribution in [2.24, 2.45) is 0 Å². The molecule has 0 aliphatic rings. The third-order valence-electron chi connectivity index (χ3n) is 3.61. The van der Waals surface area contributed by atoms with Crippen LogP contribution in [0.2, 0.25) is 0 Å². The summed E-state index contributed by atoms with van der Waals surface area (Å²) >= 11 is 0. The summed E-state index contributed by atoms with van der Waals surface area (Å²) in [5.74, 6) is 1.67. The zero-order chi connectivity index (χ0) is 17.1. The van der Waals surface area contributed by atoms with E-state index in [0.29, 0.717) is 11.5 Å². The summed E-state index contributed by atoms with van der Waals surface area (Å²) in [5.41, 5.74) is 2.87. The van der Waals surface area contributed by atoms with Gasteiger partial charge in [-0.15, -0.1) is 0 Å². The quantitative estimate of drug-likeness (QED) is 0.661. The van der Waals surface area contributed by atoms with Gasteiger partial charge in [-0.2, -0.15) is 0 Å². The summed E-state index contributed by atoms with van der Waals surface area (Å²) < 4.78 is 20.8. The SMILES string of the molecule is COC(=O)c1ccc(COc2ccc(-c3c(C)noc3C)cc2)o1. The van der Waals surface area contributed by atoms with Crippen LogP contribution in [0.5, 0.6) is 5.75 Å². The van der Waals surface area contributed by atoms with Crippen LogP contribution in [0, 0.1) is 13.8 Å². The van der Waals surface area contributed by atoms with Crippen LogP contribution >= 0.6 is 0 Å². The fraction of sp³-hybridized carbons (Fsp3) is 0.222. The van der Waals surface area contributed by atoms with E-state index in [1.165, 1.54) is 7.11 Å². The number of methoxy groups -OCH3 is 1. The van der Waals surface area contributed by atoms with Crippen molar-refractivity contribution in [2.45, 2.75) is 20.5 Å². The van der Waals surface area contributed by atoms with Gasteiger partial charge in [-0.05, 0) is 43.7 Å². The van der Waals surface area contributed by atoms with Gasteiger partial charge in [-0.25, -0.2) is 4.79 Å². The molecular weight excluding hydrogens is 310 g/mol. The second-order valence-electron chi connectivity index (χ2n) is 5.27. The minimum absolute atomic E-state index is 0.157. The molecule has 0 aliphatic heterocycles. The number of aryl methyl sites for hydroxylation is 2. The number of ether oxygens (including phenoxy) is 2. The molecule has 0 amide bonds.